The third-order valence-corrected chi connectivity index (χ3v) is 4.47. The Labute approximate surface area is 137 Å². The van der Waals surface area contributed by atoms with Crippen LogP contribution in [0.3, 0.4) is 0 Å². The number of aromatic nitrogens is 1. The van der Waals surface area contributed by atoms with Gasteiger partial charge in [-0.25, -0.2) is 4.79 Å². The quantitative estimate of drug-likeness (QED) is 0.601. The molecule has 118 valence electrons. The summed E-state index contributed by atoms with van der Waals surface area (Å²) >= 11 is 3.53. The highest BCUT2D eigenvalue weighted by Crippen LogP contribution is 2.35. The Bertz CT molecular complexity index is 734. The van der Waals surface area contributed by atoms with Gasteiger partial charge in [-0.15, -0.1) is 0 Å². The molecule has 1 aromatic carbocycles. The van der Waals surface area contributed by atoms with Crippen molar-refractivity contribution < 1.29 is 19.0 Å². The summed E-state index contributed by atoms with van der Waals surface area (Å²) in [6.45, 7) is 5.34. The van der Waals surface area contributed by atoms with Gasteiger partial charge in [0.1, 0.15) is 18.5 Å². The first kappa shape index (κ1) is 15.4. The predicted octanol–water partition coefficient (Wildman–Crippen LogP) is 3.20. The summed E-state index contributed by atoms with van der Waals surface area (Å²) in [5.41, 5.74) is 2.44. The normalized spacial score (nSPS) is 16.8. The smallest absolute Gasteiger partial charge is 0.340 e. The molecule has 2 heterocycles. The van der Waals surface area contributed by atoms with E-state index in [4.69, 9.17) is 14.2 Å². The largest absolute Gasteiger partial charge is 0.490 e. The van der Waals surface area contributed by atoms with Gasteiger partial charge in [0, 0.05) is 18.1 Å². The minimum Gasteiger partial charge on any atom is -0.490 e. The summed E-state index contributed by atoms with van der Waals surface area (Å²) < 4.78 is 19.0. The Hall–Kier alpha value is -1.53. The highest BCUT2D eigenvalue weighted by atomic mass is 79.9. The van der Waals surface area contributed by atoms with Gasteiger partial charge in [-0.1, -0.05) is 0 Å². The van der Waals surface area contributed by atoms with Crippen molar-refractivity contribution in [1.82, 2.24) is 4.57 Å². The molecule has 0 radical (unpaired) electrons. The number of carbonyl (C=O) groups is 1. The van der Waals surface area contributed by atoms with Crippen LogP contribution in [-0.2, 0) is 16.5 Å². The van der Waals surface area contributed by atoms with Crippen molar-refractivity contribution in [3.8, 4) is 5.75 Å². The van der Waals surface area contributed by atoms with Gasteiger partial charge in [-0.2, -0.15) is 0 Å². The van der Waals surface area contributed by atoms with Gasteiger partial charge in [0.15, 0.2) is 0 Å². The topological polar surface area (TPSA) is 53.0 Å². The molecular weight excluding hydrogens is 350 g/mol. The van der Waals surface area contributed by atoms with Gasteiger partial charge in [0.05, 0.1) is 28.8 Å². The van der Waals surface area contributed by atoms with Crippen LogP contribution >= 0.6 is 15.9 Å². The molecule has 6 heteroatoms. The second kappa shape index (κ2) is 5.93. The number of hydrogen-bond acceptors (Lipinski definition) is 4. The Morgan fingerprint density at radius 3 is 2.86 bits per heavy atom. The number of ether oxygens (including phenoxy) is 3. The molecule has 2 aromatic rings. The van der Waals surface area contributed by atoms with Crippen molar-refractivity contribution in [3.63, 3.8) is 0 Å². The van der Waals surface area contributed by atoms with Crippen LogP contribution in [0.25, 0.3) is 10.9 Å². The first-order chi connectivity index (χ1) is 10.5. The molecule has 1 aliphatic heterocycles. The second-order valence-corrected chi connectivity index (χ2v) is 6.16. The number of carbonyl (C=O) groups excluding carboxylic acids is 1. The minimum atomic E-state index is -0.301. The third-order valence-electron chi connectivity index (χ3n) is 3.85. The van der Waals surface area contributed by atoms with Gasteiger partial charge in [-0.05, 0) is 41.9 Å². The standard InChI is InChI=1S/C16H18BrNO4/c1-4-20-16(19)15-9(2)18(3)13-6-12(17)14(5-11(13)15)22-8-10-7-21-10/h5-6,10H,4,7-8H2,1-3H3. The molecule has 1 aliphatic rings. The number of nitrogens with zero attached hydrogens (tertiary/aromatic N) is 1. The molecule has 1 saturated heterocycles. The van der Waals surface area contributed by atoms with E-state index in [1.165, 1.54) is 0 Å². The maximum absolute atomic E-state index is 12.3. The fourth-order valence-electron chi connectivity index (χ4n) is 2.48. The Morgan fingerprint density at radius 2 is 2.23 bits per heavy atom. The number of aryl methyl sites for hydroxylation is 1. The molecule has 5 nitrogen and oxygen atoms in total. The lowest BCUT2D eigenvalue weighted by atomic mass is 10.1. The molecular formula is C16H18BrNO4. The SMILES string of the molecule is CCOC(=O)c1c(C)n(C)c2cc(Br)c(OCC3CO3)cc12. The van der Waals surface area contributed by atoms with Crippen LogP contribution in [0.1, 0.15) is 23.0 Å². The van der Waals surface area contributed by atoms with Gasteiger partial charge in [-0.3, -0.25) is 0 Å². The van der Waals surface area contributed by atoms with E-state index in [0.29, 0.717) is 24.5 Å². The predicted molar refractivity (Wildman–Crippen MR) is 86.5 cm³/mol. The van der Waals surface area contributed by atoms with E-state index in [0.717, 1.165) is 27.7 Å². The summed E-state index contributed by atoms with van der Waals surface area (Å²) in [5, 5.41) is 0.841. The Balaban J connectivity index is 2.06. The monoisotopic (exact) mass is 367 g/mol. The van der Waals surface area contributed by atoms with Crippen LogP contribution in [0.15, 0.2) is 16.6 Å². The zero-order valence-corrected chi connectivity index (χ0v) is 14.4. The zero-order valence-electron chi connectivity index (χ0n) is 12.8. The number of rotatable bonds is 5. The number of halogens is 1. The summed E-state index contributed by atoms with van der Waals surface area (Å²) in [6.07, 6.45) is 0.185. The van der Waals surface area contributed by atoms with E-state index < -0.39 is 0 Å². The van der Waals surface area contributed by atoms with Crippen LogP contribution in [-0.4, -0.2) is 36.5 Å². The lowest BCUT2D eigenvalue weighted by Gasteiger charge is -2.08. The fourth-order valence-corrected chi connectivity index (χ4v) is 2.93. The molecule has 1 fully saturated rings. The average molecular weight is 368 g/mol. The molecule has 0 bridgehead atoms. The van der Waals surface area contributed by atoms with Crippen molar-refractivity contribution >= 4 is 32.8 Å². The molecule has 0 amide bonds. The molecule has 0 aliphatic carbocycles. The van der Waals surface area contributed by atoms with Crippen LogP contribution in [0.2, 0.25) is 0 Å². The van der Waals surface area contributed by atoms with Crippen molar-refractivity contribution in [2.24, 2.45) is 7.05 Å². The van der Waals surface area contributed by atoms with Crippen LogP contribution in [0.5, 0.6) is 5.75 Å². The molecule has 0 spiro atoms. The second-order valence-electron chi connectivity index (χ2n) is 5.31. The maximum atomic E-state index is 12.3. The fraction of sp³-hybridized carbons (Fsp3) is 0.438. The molecule has 0 saturated carbocycles. The van der Waals surface area contributed by atoms with Crippen LogP contribution in [0, 0.1) is 6.92 Å². The molecule has 1 unspecified atom stereocenters. The summed E-state index contributed by atoms with van der Waals surface area (Å²) in [5.74, 6) is 0.406. The van der Waals surface area contributed by atoms with E-state index in [-0.39, 0.29) is 12.1 Å². The lowest BCUT2D eigenvalue weighted by Crippen LogP contribution is -2.07. The van der Waals surface area contributed by atoms with E-state index in [1.807, 2.05) is 30.7 Å². The highest BCUT2D eigenvalue weighted by Gasteiger charge is 2.25. The van der Waals surface area contributed by atoms with E-state index in [1.54, 1.807) is 6.92 Å². The molecule has 22 heavy (non-hydrogen) atoms. The van der Waals surface area contributed by atoms with Gasteiger partial charge < -0.3 is 18.8 Å². The number of benzene rings is 1. The molecule has 3 rings (SSSR count). The van der Waals surface area contributed by atoms with E-state index >= 15 is 0 Å². The van der Waals surface area contributed by atoms with Crippen LogP contribution in [0.4, 0.5) is 0 Å². The van der Waals surface area contributed by atoms with Crippen molar-refractivity contribution in [3.05, 3.63) is 27.9 Å². The van der Waals surface area contributed by atoms with Crippen molar-refractivity contribution in [1.29, 1.82) is 0 Å². The van der Waals surface area contributed by atoms with E-state index in [9.17, 15) is 4.79 Å². The number of fused-ring (bicyclic) bond motifs is 1. The average Bonchev–Trinajstić information content (AvgIpc) is 3.27. The third kappa shape index (κ3) is 2.73. The minimum absolute atomic E-state index is 0.185. The lowest BCUT2D eigenvalue weighted by molar-refractivity contribution is 0.0527. The molecule has 1 aromatic heterocycles. The number of esters is 1. The summed E-state index contributed by atoms with van der Waals surface area (Å²) in [7, 11) is 1.94. The van der Waals surface area contributed by atoms with E-state index in [2.05, 4.69) is 15.9 Å². The van der Waals surface area contributed by atoms with Gasteiger partial charge >= 0.3 is 5.97 Å². The summed E-state index contributed by atoms with van der Waals surface area (Å²) in [4.78, 5) is 12.3. The summed E-state index contributed by atoms with van der Waals surface area (Å²) in [6, 6.07) is 3.86. The van der Waals surface area contributed by atoms with Gasteiger partial charge in [0.25, 0.3) is 0 Å². The Kier molecular flexibility index (Phi) is 4.14. The first-order valence-corrected chi connectivity index (χ1v) is 8.02. The van der Waals surface area contributed by atoms with Crippen molar-refractivity contribution in [2.45, 2.75) is 20.0 Å². The molecule has 0 N–H and O–H groups in total. The van der Waals surface area contributed by atoms with Crippen molar-refractivity contribution in [2.75, 3.05) is 19.8 Å². The number of hydrogen-bond donors (Lipinski definition) is 0. The zero-order chi connectivity index (χ0) is 15.9. The number of epoxide rings is 1. The molecule has 1 atom stereocenters. The van der Waals surface area contributed by atoms with Gasteiger partial charge in [0.2, 0.25) is 0 Å². The first-order valence-electron chi connectivity index (χ1n) is 7.23. The maximum Gasteiger partial charge on any atom is 0.340 e. The van der Waals surface area contributed by atoms with Crippen LogP contribution < -0.4 is 4.74 Å². The Morgan fingerprint density at radius 1 is 1.50 bits per heavy atom. The highest BCUT2D eigenvalue weighted by molar-refractivity contribution is 9.10.